The van der Waals surface area contributed by atoms with Gasteiger partial charge >= 0.3 is 0 Å². The fraction of sp³-hybridized carbons (Fsp3) is 0.133. The number of carbonyl (C=O) groups excluding carboxylic acids is 1. The second-order valence-electron chi connectivity index (χ2n) is 4.40. The van der Waals surface area contributed by atoms with Crippen LogP contribution in [0.4, 0.5) is 11.4 Å². The van der Waals surface area contributed by atoms with Crippen LogP contribution < -0.4 is 16.0 Å². The lowest BCUT2D eigenvalue weighted by Crippen LogP contribution is -2.31. The first kappa shape index (κ1) is 13.0. The first-order valence-electron chi connectivity index (χ1n) is 6.03. The molecule has 2 rings (SSSR count). The zero-order valence-electron chi connectivity index (χ0n) is 10.9. The van der Waals surface area contributed by atoms with Crippen molar-refractivity contribution in [3.63, 3.8) is 0 Å². The summed E-state index contributed by atoms with van der Waals surface area (Å²) in [6.07, 6.45) is 6.99. The fourth-order valence-corrected chi connectivity index (χ4v) is 1.94. The minimum Gasteiger partial charge on any atom is -0.399 e. The number of anilines is 2. The number of carbonyl (C=O) groups is 1. The maximum Gasteiger partial charge on any atom is 0.247 e. The Morgan fingerprint density at radius 3 is 3.05 bits per heavy atom. The molecule has 0 unspecified atom stereocenters. The molecule has 0 saturated carbocycles. The Morgan fingerprint density at radius 1 is 1.53 bits per heavy atom. The molecule has 0 bridgehead atoms. The zero-order valence-corrected chi connectivity index (χ0v) is 10.9. The van der Waals surface area contributed by atoms with Gasteiger partial charge in [-0.25, -0.2) is 0 Å². The van der Waals surface area contributed by atoms with Crippen LogP contribution in [0.5, 0.6) is 0 Å². The average Bonchev–Trinajstić information content (AvgIpc) is 2.41. The summed E-state index contributed by atoms with van der Waals surface area (Å²) >= 11 is 0. The van der Waals surface area contributed by atoms with Crippen molar-refractivity contribution in [2.45, 2.75) is 6.92 Å². The number of nitrogens with one attached hydrogen (secondary N) is 1. The normalized spacial score (nSPS) is 13.9. The van der Waals surface area contributed by atoms with E-state index in [4.69, 9.17) is 5.73 Å². The Morgan fingerprint density at radius 2 is 2.32 bits per heavy atom. The van der Waals surface area contributed by atoms with E-state index < -0.39 is 0 Å². The van der Waals surface area contributed by atoms with Crippen LogP contribution >= 0.6 is 0 Å². The highest BCUT2D eigenvalue weighted by Crippen LogP contribution is 2.25. The molecule has 4 heteroatoms. The Balaban J connectivity index is 2.18. The lowest BCUT2D eigenvalue weighted by Gasteiger charge is -2.26. The number of rotatable bonds is 3. The van der Waals surface area contributed by atoms with Crippen LogP contribution in [0.25, 0.3) is 0 Å². The van der Waals surface area contributed by atoms with Crippen LogP contribution in [-0.4, -0.2) is 12.5 Å². The zero-order chi connectivity index (χ0) is 13.8. The van der Waals surface area contributed by atoms with Gasteiger partial charge in [-0.3, -0.25) is 4.79 Å². The highest BCUT2D eigenvalue weighted by molar-refractivity contribution is 5.88. The predicted octanol–water partition coefficient (Wildman–Crippen LogP) is 2.10. The summed E-state index contributed by atoms with van der Waals surface area (Å²) in [7, 11) is 0. The van der Waals surface area contributed by atoms with E-state index in [-0.39, 0.29) is 5.91 Å². The maximum atomic E-state index is 11.3. The summed E-state index contributed by atoms with van der Waals surface area (Å²) in [5.41, 5.74) is 9.54. The van der Waals surface area contributed by atoms with Crippen molar-refractivity contribution in [2.75, 3.05) is 17.2 Å². The van der Waals surface area contributed by atoms with E-state index in [2.05, 4.69) is 11.9 Å². The number of nitrogen functional groups attached to an aromatic ring is 1. The summed E-state index contributed by atoms with van der Waals surface area (Å²) in [5.74, 6) is -0.203. The Bertz CT molecular complexity index is 573. The third-order valence-electron chi connectivity index (χ3n) is 2.92. The quantitative estimate of drug-likeness (QED) is 0.642. The van der Waals surface area contributed by atoms with Gasteiger partial charge in [-0.15, -0.1) is 0 Å². The van der Waals surface area contributed by atoms with Crippen molar-refractivity contribution in [2.24, 2.45) is 0 Å². The van der Waals surface area contributed by atoms with E-state index in [9.17, 15) is 4.79 Å². The summed E-state index contributed by atoms with van der Waals surface area (Å²) in [5, 5.41) is 2.78. The molecule has 1 aromatic rings. The SMILES string of the molecule is C=CC(=O)NC1=CC=CN(c2cc(N)ccc2C)C1. The molecule has 1 aliphatic heterocycles. The standard InChI is InChI=1S/C15H17N3O/c1-3-15(19)17-13-5-4-8-18(10-13)14-9-12(16)7-6-11(14)2/h3-9H,1,10,16H2,2H3,(H,17,19). The Kier molecular flexibility index (Phi) is 3.71. The van der Waals surface area contributed by atoms with Crippen molar-refractivity contribution in [3.05, 3.63) is 60.5 Å². The molecule has 1 aromatic carbocycles. The molecular formula is C15H17N3O. The second-order valence-corrected chi connectivity index (χ2v) is 4.40. The van der Waals surface area contributed by atoms with Crippen molar-refractivity contribution >= 4 is 17.3 Å². The average molecular weight is 255 g/mol. The number of amides is 1. The minimum atomic E-state index is -0.203. The summed E-state index contributed by atoms with van der Waals surface area (Å²) in [6, 6.07) is 5.79. The first-order valence-corrected chi connectivity index (χ1v) is 6.03. The van der Waals surface area contributed by atoms with E-state index in [0.717, 1.165) is 22.6 Å². The topological polar surface area (TPSA) is 58.4 Å². The van der Waals surface area contributed by atoms with Gasteiger partial charge in [-0.2, -0.15) is 0 Å². The number of nitrogens with two attached hydrogens (primary N) is 1. The van der Waals surface area contributed by atoms with Crippen molar-refractivity contribution in [1.29, 1.82) is 0 Å². The predicted molar refractivity (Wildman–Crippen MR) is 78.5 cm³/mol. The lowest BCUT2D eigenvalue weighted by atomic mass is 10.1. The summed E-state index contributed by atoms with van der Waals surface area (Å²) in [6.45, 7) is 6.07. The molecule has 3 N–H and O–H groups in total. The number of nitrogens with zero attached hydrogens (tertiary/aromatic N) is 1. The van der Waals surface area contributed by atoms with Gasteiger partial charge in [0.1, 0.15) is 0 Å². The molecule has 19 heavy (non-hydrogen) atoms. The van der Waals surface area contributed by atoms with Crippen LogP contribution in [0, 0.1) is 6.92 Å². The van der Waals surface area contributed by atoms with E-state index in [1.54, 1.807) is 0 Å². The first-order chi connectivity index (χ1) is 9.10. The van der Waals surface area contributed by atoms with Crippen LogP contribution in [0.2, 0.25) is 0 Å². The molecule has 0 fully saturated rings. The molecule has 0 spiro atoms. The third-order valence-corrected chi connectivity index (χ3v) is 2.92. The monoisotopic (exact) mass is 255 g/mol. The molecule has 0 aromatic heterocycles. The van der Waals surface area contributed by atoms with Gasteiger partial charge in [0.15, 0.2) is 0 Å². The lowest BCUT2D eigenvalue weighted by molar-refractivity contribution is -0.115. The molecule has 0 atom stereocenters. The van der Waals surface area contributed by atoms with Gasteiger partial charge in [-0.05, 0) is 42.8 Å². The van der Waals surface area contributed by atoms with E-state index in [1.807, 2.05) is 48.4 Å². The van der Waals surface area contributed by atoms with Crippen LogP contribution in [0.3, 0.4) is 0 Å². The van der Waals surface area contributed by atoms with Gasteiger partial charge in [0.2, 0.25) is 5.91 Å². The number of aryl methyl sites for hydroxylation is 1. The number of allylic oxidation sites excluding steroid dienone is 2. The van der Waals surface area contributed by atoms with E-state index in [1.165, 1.54) is 6.08 Å². The highest BCUT2D eigenvalue weighted by Gasteiger charge is 2.12. The highest BCUT2D eigenvalue weighted by atomic mass is 16.1. The van der Waals surface area contributed by atoms with E-state index >= 15 is 0 Å². The number of benzene rings is 1. The molecular weight excluding hydrogens is 238 g/mol. The van der Waals surface area contributed by atoms with E-state index in [0.29, 0.717) is 6.54 Å². The molecule has 4 nitrogen and oxygen atoms in total. The molecule has 0 saturated heterocycles. The number of hydrogen-bond acceptors (Lipinski definition) is 3. The summed E-state index contributed by atoms with van der Waals surface area (Å²) < 4.78 is 0. The third kappa shape index (κ3) is 3.04. The maximum absolute atomic E-state index is 11.3. The Hall–Kier alpha value is -2.49. The Labute approximate surface area is 112 Å². The van der Waals surface area contributed by atoms with Crippen LogP contribution in [0.15, 0.2) is 54.9 Å². The summed E-state index contributed by atoms with van der Waals surface area (Å²) in [4.78, 5) is 13.4. The van der Waals surface area contributed by atoms with Gasteiger partial charge in [0.05, 0.1) is 6.54 Å². The van der Waals surface area contributed by atoms with Crippen LogP contribution in [-0.2, 0) is 4.79 Å². The van der Waals surface area contributed by atoms with Gasteiger partial charge in [0, 0.05) is 23.3 Å². The van der Waals surface area contributed by atoms with Crippen molar-refractivity contribution in [3.8, 4) is 0 Å². The molecule has 0 aliphatic carbocycles. The molecule has 1 heterocycles. The van der Waals surface area contributed by atoms with Gasteiger partial charge < -0.3 is 16.0 Å². The molecule has 1 amide bonds. The van der Waals surface area contributed by atoms with Crippen molar-refractivity contribution in [1.82, 2.24) is 5.32 Å². The second kappa shape index (κ2) is 5.44. The van der Waals surface area contributed by atoms with Gasteiger partial charge in [0.25, 0.3) is 0 Å². The smallest absolute Gasteiger partial charge is 0.247 e. The molecule has 1 aliphatic rings. The molecule has 98 valence electrons. The van der Waals surface area contributed by atoms with Crippen LogP contribution in [0.1, 0.15) is 5.56 Å². The van der Waals surface area contributed by atoms with Gasteiger partial charge in [-0.1, -0.05) is 12.6 Å². The fourth-order valence-electron chi connectivity index (χ4n) is 1.94. The largest absolute Gasteiger partial charge is 0.399 e. The minimum absolute atomic E-state index is 0.203. The van der Waals surface area contributed by atoms with Crippen molar-refractivity contribution < 1.29 is 4.79 Å². The number of hydrogen-bond donors (Lipinski definition) is 2. The molecule has 0 radical (unpaired) electrons.